The van der Waals surface area contributed by atoms with Gasteiger partial charge >= 0.3 is 0 Å². The zero-order chi connectivity index (χ0) is 46.2. The summed E-state index contributed by atoms with van der Waals surface area (Å²) in [5.41, 5.74) is 22.4. The lowest BCUT2D eigenvalue weighted by molar-refractivity contribution is 0.669. The summed E-state index contributed by atoms with van der Waals surface area (Å²) in [6.45, 7) is 0. The third-order valence-corrected chi connectivity index (χ3v) is 14.7. The summed E-state index contributed by atoms with van der Waals surface area (Å²) in [4.78, 5) is 4.92. The van der Waals surface area contributed by atoms with Gasteiger partial charge in [0, 0.05) is 33.4 Å². The molecule has 0 saturated carbocycles. The van der Waals surface area contributed by atoms with Gasteiger partial charge < -0.3 is 14.2 Å². The summed E-state index contributed by atoms with van der Waals surface area (Å²) >= 11 is 0. The monoisotopic (exact) mass is 892 g/mol. The molecule has 14 rings (SSSR count). The van der Waals surface area contributed by atoms with Crippen molar-refractivity contribution in [3.05, 3.63) is 289 Å². The van der Waals surface area contributed by atoms with Gasteiger partial charge in [-0.25, -0.2) is 0 Å². The standard InChI is InChI=1S/C67H44N2O/c1-3-20-45(21-4-1)50-24-7-8-25-52(50)55-27-10-15-33-61(55)68(48-40-38-46(39-41-48)51-29-19-37-65-66(51)56-28-11-18-36-64(56)70-65)49-42-43-54-53-26-9-12-30-57(53)67(60(54)44-49)58-31-13-16-34-62(58)69(47-22-5-2-6-23-47)63-35-17-14-32-59(63)67/h1-44H. The second-order valence-corrected chi connectivity index (χ2v) is 18.3. The van der Waals surface area contributed by atoms with E-state index in [9.17, 15) is 0 Å². The van der Waals surface area contributed by atoms with Crippen LogP contribution in [0.1, 0.15) is 22.3 Å². The predicted octanol–water partition coefficient (Wildman–Crippen LogP) is 18.2. The lowest BCUT2D eigenvalue weighted by Crippen LogP contribution is -2.36. The van der Waals surface area contributed by atoms with Gasteiger partial charge in [-0.1, -0.05) is 200 Å². The van der Waals surface area contributed by atoms with E-state index in [1.165, 1.54) is 61.4 Å². The fourth-order valence-corrected chi connectivity index (χ4v) is 11.8. The molecule has 328 valence electrons. The molecule has 12 aromatic rings. The van der Waals surface area contributed by atoms with Crippen LogP contribution in [0, 0.1) is 0 Å². The summed E-state index contributed by atoms with van der Waals surface area (Å²) < 4.78 is 6.36. The summed E-state index contributed by atoms with van der Waals surface area (Å²) in [7, 11) is 0. The van der Waals surface area contributed by atoms with Crippen molar-refractivity contribution in [2.75, 3.05) is 9.80 Å². The summed E-state index contributed by atoms with van der Waals surface area (Å²) in [6, 6.07) is 97.4. The molecule has 1 aromatic heterocycles. The zero-order valence-electron chi connectivity index (χ0n) is 38.2. The van der Waals surface area contributed by atoms with Crippen LogP contribution in [0.3, 0.4) is 0 Å². The second-order valence-electron chi connectivity index (χ2n) is 18.3. The Bertz CT molecular complexity index is 3920. The van der Waals surface area contributed by atoms with E-state index in [0.29, 0.717) is 0 Å². The molecule has 1 spiro atoms. The minimum absolute atomic E-state index is 0.610. The first-order valence-corrected chi connectivity index (χ1v) is 24.1. The summed E-state index contributed by atoms with van der Waals surface area (Å²) in [5.74, 6) is 0. The lowest BCUT2D eigenvalue weighted by atomic mass is 9.64. The highest BCUT2D eigenvalue weighted by molar-refractivity contribution is 6.12. The molecular formula is C67H44N2O. The Labute approximate surface area is 407 Å². The summed E-state index contributed by atoms with van der Waals surface area (Å²) in [6.07, 6.45) is 0. The molecule has 0 unspecified atom stereocenters. The molecule has 11 aromatic carbocycles. The maximum absolute atomic E-state index is 6.36. The van der Waals surface area contributed by atoms with Crippen molar-refractivity contribution >= 4 is 56.1 Å². The van der Waals surface area contributed by atoms with Crippen LogP contribution >= 0.6 is 0 Å². The number of fused-ring (bicyclic) bond motifs is 12. The van der Waals surface area contributed by atoms with Crippen LogP contribution in [-0.4, -0.2) is 0 Å². The van der Waals surface area contributed by atoms with Gasteiger partial charge in [0.1, 0.15) is 11.2 Å². The Kier molecular flexibility index (Phi) is 9.11. The summed E-state index contributed by atoms with van der Waals surface area (Å²) in [5, 5.41) is 2.25. The first kappa shape index (κ1) is 39.9. The van der Waals surface area contributed by atoms with Crippen LogP contribution in [0.25, 0.3) is 66.4 Å². The molecule has 2 aliphatic rings. The minimum atomic E-state index is -0.610. The third-order valence-electron chi connectivity index (χ3n) is 14.7. The lowest BCUT2D eigenvalue weighted by Gasteiger charge is -2.45. The van der Waals surface area contributed by atoms with Crippen LogP contribution in [0.15, 0.2) is 271 Å². The Morgan fingerprint density at radius 1 is 0.329 bits per heavy atom. The van der Waals surface area contributed by atoms with Crippen LogP contribution in [0.4, 0.5) is 34.1 Å². The van der Waals surface area contributed by atoms with E-state index in [4.69, 9.17) is 4.42 Å². The molecule has 0 radical (unpaired) electrons. The van der Waals surface area contributed by atoms with Gasteiger partial charge in [0.05, 0.1) is 22.5 Å². The Morgan fingerprint density at radius 2 is 0.857 bits per heavy atom. The Hall–Kier alpha value is -9.18. The van der Waals surface area contributed by atoms with E-state index >= 15 is 0 Å². The molecule has 0 atom stereocenters. The fraction of sp³-hybridized carbons (Fsp3) is 0.0149. The maximum atomic E-state index is 6.36. The fourth-order valence-electron chi connectivity index (χ4n) is 11.8. The van der Waals surface area contributed by atoms with Gasteiger partial charge in [0.2, 0.25) is 0 Å². The van der Waals surface area contributed by atoms with E-state index in [1.807, 2.05) is 6.07 Å². The van der Waals surface area contributed by atoms with Gasteiger partial charge in [-0.05, 0) is 128 Å². The average molecular weight is 893 g/mol. The third kappa shape index (κ3) is 5.95. The highest BCUT2D eigenvalue weighted by atomic mass is 16.3. The zero-order valence-corrected chi connectivity index (χ0v) is 38.2. The average Bonchev–Trinajstić information content (AvgIpc) is 3.96. The number of hydrogen-bond donors (Lipinski definition) is 0. The van der Waals surface area contributed by atoms with Gasteiger partial charge in [0.25, 0.3) is 0 Å². The highest BCUT2D eigenvalue weighted by Gasteiger charge is 2.52. The topological polar surface area (TPSA) is 19.6 Å². The minimum Gasteiger partial charge on any atom is -0.456 e. The van der Waals surface area contributed by atoms with Gasteiger partial charge in [-0.2, -0.15) is 0 Å². The van der Waals surface area contributed by atoms with E-state index in [1.54, 1.807) is 0 Å². The number of nitrogens with zero attached hydrogens (tertiary/aromatic N) is 2. The SMILES string of the molecule is c1ccc(-c2ccccc2-c2ccccc2N(c2ccc(-c3cccc4oc5ccccc5c34)cc2)c2ccc3c(c2)C2(c4ccccc4-3)c3ccccc3N(c3ccccc3)c3ccccc32)cc1. The van der Waals surface area contributed by atoms with Crippen molar-refractivity contribution in [2.45, 2.75) is 5.41 Å². The van der Waals surface area contributed by atoms with Crippen molar-refractivity contribution in [3.63, 3.8) is 0 Å². The normalized spacial score (nSPS) is 12.9. The molecule has 1 aliphatic carbocycles. The Balaban J connectivity index is 1.02. The first-order valence-electron chi connectivity index (χ1n) is 24.1. The molecule has 1 aliphatic heterocycles. The number of benzene rings is 11. The van der Waals surface area contributed by atoms with Gasteiger partial charge in [-0.3, -0.25) is 0 Å². The molecule has 0 saturated heterocycles. The number of hydrogen-bond acceptors (Lipinski definition) is 3. The highest BCUT2D eigenvalue weighted by Crippen LogP contribution is 2.64. The van der Waals surface area contributed by atoms with Crippen LogP contribution in [0.2, 0.25) is 0 Å². The molecule has 3 nitrogen and oxygen atoms in total. The molecule has 0 N–H and O–H groups in total. The van der Waals surface area contributed by atoms with E-state index in [2.05, 4.69) is 271 Å². The molecular weight excluding hydrogens is 849 g/mol. The first-order chi connectivity index (χ1) is 34.8. The molecule has 0 bridgehead atoms. The number of furan rings is 1. The van der Waals surface area contributed by atoms with Crippen molar-refractivity contribution in [2.24, 2.45) is 0 Å². The van der Waals surface area contributed by atoms with Crippen LogP contribution in [0.5, 0.6) is 0 Å². The molecule has 3 heteroatoms. The van der Waals surface area contributed by atoms with Gasteiger partial charge in [0.15, 0.2) is 0 Å². The quantitative estimate of drug-likeness (QED) is 0.159. The largest absolute Gasteiger partial charge is 0.456 e. The number of anilines is 6. The maximum Gasteiger partial charge on any atom is 0.136 e. The van der Waals surface area contributed by atoms with Crippen LogP contribution < -0.4 is 9.80 Å². The number of para-hydroxylation sites is 5. The smallest absolute Gasteiger partial charge is 0.136 e. The van der Waals surface area contributed by atoms with Crippen molar-refractivity contribution in [3.8, 4) is 44.5 Å². The molecule has 70 heavy (non-hydrogen) atoms. The van der Waals surface area contributed by atoms with Crippen molar-refractivity contribution in [1.82, 2.24) is 0 Å². The van der Waals surface area contributed by atoms with Crippen molar-refractivity contribution < 1.29 is 4.42 Å². The predicted molar refractivity (Wildman–Crippen MR) is 290 cm³/mol. The molecule has 2 heterocycles. The Morgan fingerprint density at radius 3 is 1.61 bits per heavy atom. The molecule has 0 amide bonds. The molecule has 0 fully saturated rings. The number of rotatable bonds is 7. The van der Waals surface area contributed by atoms with Gasteiger partial charge in [-0.15, -0.1) is 0 Å². The van der Waals surface area contributed by atoms with E-state index in [0.717, 1.165) is 61.4 Å². The van der Waals surface area contributed by atoms with Crippen LogP contribution in [-0.2, 0) is 5.41 Å². The van der Waals surface area contributed by atoms with E-state index < -0.39 is 5.41 Å². The second kappa shape index (κ2) is 16.0. The van der Waals surface area contributed by atoms with E-state index in [-0.39, 0.29) is 0 Å². The van der Waals surface area contributed by atoms with Crippen molar-refractivity contribution in [1.29, 1.82) is 0 Å².